The minimum absolute atomic E-state index is 0.137. The second-order valence-corrected chi connectivity index (χ2v) is 5.82. The van der Waals surface area contributed by atoms with Crippen molar-refractivity contribution in [1.82, 2.24) is 5.32 Å². The van der Waals surface area contributed by atoms with Gasteiger partial charge in [-0.2, -0.15) is 0 Å². The van der Waals surface area contributed by atoms with Gasteiger partial charge in [0.05, 0.1) is 12.1 Å². The van der Waals surface area contributed by atoms with Gasteiger partial charge < -0.3 is 20.6 Å². The van der Waals surface area contributed by atoms with Gasteiger partial charge in [-0.3, -0.25) is 4.79 Å². The van der Waals surface area contributed by atoms with Crippen LogP contribution < -0.4 is 15.5 Å². The average molecular weight is 291 g/mol. The molecule has 1 aromatic rings. The molecule has 0 unspecified atom stereocenters. The van der Waals surface area contributed by atoms with Crippen molar-refractivity contribution in [2.75, 3.05) is 23.4 Å². The van der Waals surface area contributed by atoms with Crippen LogP contribution in [-0.2, 0) is 4.79 Å². The zero-order chi connectivity index (χ0) is 15.5. The molecule has 1 heterocycles. The van der Waals surface area contributed by atoms with E-state index in [0.29, 0.717) is 12.1 Å². The summed E-state index contributed by atoms with van der Waals surface area (Å²) in [6, 6.07) is 6.77. The van der Waals surface area contributed by atoms with E-state index in [1.807, 2.05) is 12.1 Å². The molecule has 0 bridgehead atoms. The molecular weight excluding hydrogens is 270 g/mol. The van der Waals surface area contributed by atoms with Crippen molar-refractivity contribution in [3.8, 4) is 0 Å². The van der Waals surface area contributed by atoms with Gasteiger partial charge in [0.25, 0.3) is 0 Å². The molecule has 1 aliphatic heterocycles. The summed E-state index contributed by atoms with van der Waals surface area (Å²) >= 11 is 0. The Bertz CT molecular complexity index is 525. The van der Waals surface area contributed by atoms with Crippen LogP contribution >= 0.6 is 0 Å². The summed E-state index contributed by atoms with van der Waals surface area (Å²) in [5.41, 5.74) is 0.808. The number of benzene rings is 1. The predicted octanol–water partition coefficient (Wildman–Crippen LogP) is 1.71. The van der Waals surface area contributed by atoms with Gasteiger partial charge in [-0.1, -0.05) is 0 Å². The van der Waals surface area contributed by atoms with E-state index in [2.05, 4.69) is 10.6 Å². The largest absolute Gasteiger partial charge is 0.394 e. The van der Waals surface area contributed by atoms with Gasteiger partial charge in [-0.25, -0.2) is 4.79 Å². The Hall–Kier alpha value is -2.08. The van der Waals surface area contributed by atoms with E-state index in [9.17, 15) is 9.59 Å². The minimum atomic E-state index is -0.675. The summed E-state index contributed by atoms with van der Waals surface area (Å²) < 4.78 is 0. The summed E-state index contributed by atoms with van der Waals surface area (Å²) in [7, 11) is 0. The number of hydrogen-bond acceptors (Lipinski definition) is 3. The molecule has 1 aromatic carbocycles. The molecule has 2 rings (SSSR count). The minimum Gasteiger partial charge on any atom is -0.394 e. The molecule has 0 radical (unpaired) electrons. The van der Waals surface area contributed by atoms with Crippen LogP contribution in [0.1, 0.15) is 26.7 Å². The zero-order valence-electron chi connectivity index (χ0n) is 12.3. The van der Waals surface area contributed by atoms with Crippen LogP contribution in [0.3, 0.4) is 0 Å². The van der Waals surface area contributed by atoms with Gasteiger partial charge in [0, 0.05) is 24.3 Å². The SMILES string of the molecule is CC(C)(CO)NC(=O)Nc1ccc(N2CCCC2=O)cc1. The number of carbonyl (C=O) groups excluding carboxylic acids is 2. The summed E-state index contributed by atoms with van der Waals surface area (Å²) in [5.74, 6) is 0.137. The lowest BCUT2D eigenvalue weighted by Crippen LogP contribution is -2.48. The second-order valence-electron chi connectivity index (χ2n) is 5.82. The second kappa shape index (κ2) is 6.13. The molecule has 3 N–H and O–H groups in total. The van der Waals surface area contributed by atoms with Crippen LogP contribution in [0, 0.1) is 0 Å². The topological polar surface area (TPSA) is 81.7 Å². The van der Waals surface area contributed by atoms with Crippen molar-refractivity contribution in [3.63, 3.8) is 0 Å². The van der Waals surface area contributed by atoms with Gasteiger partial charge in [0.1, 0.15) is 0 Å². The first-order chi connectivity index (χ1) is 9.91. The van der Waals surface area contributed by atoms with Crippen LogP contribution in [-0.4, -0.2) is 35.7 Å². The van der Waals surface area contributed by atoms with Crippen LogP contribution in [0.4, 0.5) is 16.2 Å². The number of nitrogens with one attached hydrogen (secondary N) is 2. The Morgan fingerprint density at radius 3 is 2.52 bits per heavy atom. The third-order valence-corrected chi connectivity index (χ3v) is 3.36. The van der Waals surface area contributed by atoms with E-state index in [1.165, 1.54) is 0 Å². The standard InChI is InChI=1S/C15H21N3O3/c1-15(2,10-19)17-14(21)16-11-5-7-12(8-6-11)18-9-3-4-13(18)20/h5-8,19H,3-4,9-10H2,1-2H3,(H2,16,17,21). The number of carbonyl (C=O) groups is 2. The summed E-state index contributed by atoms with van der Waals surface area (Å²) in [6.07, 6.45) is 1.48. The van der Waals surface area contributed by atoms with E-state index >= 15 is 0 Å². The third kappa shape index (κ3) is 3.95. The summed E-state index contributed by atoms with van der Waals surface area (Å²) in [6.45, 7) is 4.07. The highest BCUT2D eigenvalue weighted by molar-refractivity contribution is 5.96. The summed E-state index contributed by atoms with van der Waals surface area (Å²) in [5, 5.41) is 14.5. The first kappa shape index (κ1) is 15.3. The van der Waals surface area contributed by atoms with Gasteiger partial charge in [-0.05, 0) is 44.5 Å². The number of amides is 3. The first-order valence-corrected chi connectivity index (χ1v) is 7.02. The number of rotatable bonds is 4. The highest BCUT2D eigenvalue weighted by Gasteiger charge is 2.22. The van der Waals surface area contributed by atoms with E-state index < -0.39 is 5.54 Å². The van der Waals surface area contributed by atoms with E-state index in [4.69, 9.17) is 5.11 Å². The number of anilines is 2. The van der Waals surface area contributed by atoms with Gasteiger partial charge in [0.15, 0.2) is 0 Å². The van der Waals surface area contributed by atoms with E-state index in [0.717, 1.165) is 18.7 Å². The normalized spacial score (nSPS) is 15.2. The molecule has 1 saturated heterocycles. The molecule has 21 heavy (non-hydrogen) atoms. The summed E-state index contributed by atoms with van der Waals surface area (Å²) in [4.78, 5) is 25.2. The molecule has 0 aromatic heterocycles. The third-order valence-electron chi connectivity index (χ3n) is 3.36. The fourth-order valence-electron chi connectivity index (χ4n) is 2.16. The lowest BCUT2D eigenvalue weighted by molar-refractivity contribution is -0.117. The zero-order valence-corrected chi connectivity index (χ0v) is 12.3. The molecular formula is C15H21N3O3. The lowest BCUT2D eigenvalue weighted by Gasteiger charge is -2.23. The molecule has 3 amide bonds. The Morgan fingerprint density at radius 1 is 1.33 bits per heavy atom. The Balaban J connectivity index is 1.96. The van der Waals surface area contributed by atoms with Gasteiger partial charge >= 0.3 is 6.03 Å². The van der Waals surface area contributed by atoms with Crippen LogP contribution in [0.15, 0.2) is 24.3 Å². The number of aliphatic hydroxyl groups is 1. The quantitative estimate of drug-likeness (QED) is 0.790. The van der Waals surface area contributed by atoms with Crippen molar-refractivity contribution < 1.29 is 14.7 Å². The molecule has 0 spiro atoms. The van der Waals surface area contributed by atoms with Gasteiger partial charge in [-0.15, -0.1) is 0 Å². The molecule has 1 aliphatic rings. The average Bonchev–Trinajstić information content (AvgIpc) is 2.85. The molecule has 1 fully saturated rings. The first-order valence-electron chi connectivity index (χ1n) is 7.02. The van der Waals surface area contributed by atoms with Crippen molar-refractivity contribution in [2.45, 2.75) is 32.2 Å². The smallest absolute Gasteiger partial charge is 0.319 e. The monoisotopic (exact) mass is 291 g/mol. The number of urea groups is 1. The number of hydrogen-bond donors (Lipinski definition) is 3. The Labute approximate surface area is 124 Å². The van der Waals surface area contributed by atoms with Crippen LogP contribution in [0.5, 0.6) is 0 Å². The fourth-order valence-corrected chi connectivity index (χ4v) is 2.16. The molecule has 114 valence electrons. The van der Waals surface area contributed by atoms with E-state index in [-0.39, 0.29) is 18.5 Å². The predicted molar refractivity (Wildman–Crippen MR) is 81.3 cm³/mol. The highest BCUT2D eigenvalue weighted by atomic mass is 16.3. The van der Waals surface area contributed by atoms with Crippen molar-refractivity contribution >= 4 is 23.3 Å². The van der Waals surface area contributed by atoms with Crippen LogP contribution in [0.2, 0.25) is 0 Å². The molecule has 0 saturated carbocycles. The van der Waals surface area contributed by atoms with Crippen molar-refractivity contribution in [3.05, 3.63) is 24.3 Å². The number of aliphatic hydroxyl groups excluding tert-OH is 1. The van der Waals surface area contributed by atoms with E-state index in [1.54, 1.807) is 30.9 Å². The van der Waals surface area contributed by atoms with Gasteiger partial charge in [0.2, 0.25) is 5.91 Å². The molecule has 0 aliphatic carbocycles. The van der Waals surface area contributed by atoms with Crippen LogP contribution in [0.25, 0.3) is 0 Å². The molecule has 6 nitrogen and oxygen atoms in total. The maximum absolute atomic E-state index is 11.8. The fraction of sp³-hybridized carbons (Fsp3) is 0.467. The Morgan fingerprint density at radius 2 is 2.00 bits per heavy atom. The molecule has 0 atom stereocenters. The molecule has 6 heteroatoms. The van der Waals surface area contributed by atoms with Crippen molar-refractivity contribution in [2.24, 2.45) is 0 Å². The Kier molecular flexibility index (Phi) is 4.47. The number of nitrogens with zero attached hydrogens (tertiary/aromatic N) is 1. The lowest BCUT2D eigenvalue weighted by atomic mass is 10.1. The maximum Gasteiger partial charge on any atom is 0.319 e. The maximum atomic E-state index is 11.8. The van der Waals surface area contributed by atoms with Crippen molar-refractivity contribution in [1.29, 1.82) is 0 Å². The highest BCUT2D eigenvalue weighted by Crippen LogP contribution is 2.23.